The third kappa shape index (κ3) is 2.85. The summed E-state index contributed by atoms with van der Waals surface area (Å²) in [5.41, 5.74) is 7.96. The topological polar surface area (TPSA) is 98.0 Å². The molecule has 0 spiro atoms. The van der Waals surface area contributed by atoms with E-state index in [0.717, 1.165) is 11.1 Å². The van der Waals surface area contributed by atoms with E-state index < -0.39 is 10.0 Å². The highest BCUT2D eigenvalue weighted by Crippen LogP contribution is 2.24. The first-order valence-electron chi connectivity index (χ1n) is 5.49. The summed E-state index contributed by atoms with van der Waals surface area (Å²) in [7, 11) is -3.68. The Kier molecular flexibility index (Phi) is 3.46. The fourth-order valence-corrected chi connectivity index (χ4v) is 3.46. The molecule has 3 N–H and O–H groups in total. The summed E-state index contributed by atoms with van der Waals surface area (Å²) in [5.74, 6) is 0. The molecule has 8 heteroatoms. The van der Waals surface area contributed by atoms with Gasteiger partial charge in [0.25, 0.3) is 10.0 Å². The van der Waals surface area contributed by atoms with Gasteiger partial charge in [-0.15, -0.1) is 10.2 Å². The van der Waals surface area contributed by atoms with Gasteiger partial charge in [-0.2, -0.15) is 0 Å². The Morgan fingerprint density at radius 1 is 1.21 bits per heavy atom. The van der Waals surface area contributed by atoms with Crippen molar-refractivity contribution >= 4 is 32.2 Å². The Balaban J connectivity index is 2.40. The summed E-state index contributed by atoms with van der Waals surface area (Å²) in [6, 6.07) is 3.03. The van der Waals surface area contributed by atoms with Gasteiger partial charge in [0.15, 0.2) is 0 Å². The van der Waals surface area contributed by atoms with Crippen LogP contribution in [0.2, 0.25) is 0 Å². The van der Waals surface area contributed by atoms with Gasteiger partial charge in [0.05, 0.1) is 4.90 Å². The Morgan fingerprint density at radius 3 is 2.42 bits per heavy atom. The minimum Gasteiger partial charge on any atom is -0.398 e. The number of rotatable bonds is 3. The van der Waals surface area contributed by atoms with E-state index in [-0.39, 0.29) is 10.0 Å². The van der Waals surface area contributed by atoms with Crippen molar-refractivity contribution in [2.75, 3.05) is 10.5 Å². The standard InChI is InChI=1S/C11H14N4O2S2/c1-6-4-9(5-10(12)7(6)2)19(16,17)15-11-14-13-8(3)18-11/h4-5H,12H2,1-3H3,(H,14,15). The Morgan fingerprint density at radius 2 is 1.89 bits per heavy atom. The van der Waals surface area contributed by atoms with Gasteiger partial charge in [-0.3, -0.25) is 4.72 Å². The fourth-order valence-electron chi connectivity index (χ4n) is 1.52. The fraction of sp³-hybridized carbons (Fsp3) is 0.273. The van der Waals surface area contributed by atoms with Crippen molar-refractivity contribution in [2.45, 2.75) is 25.7 Å². The monoisotopic (exact) mass is 298 g/mol. The molecule has 0 aliphatic rings. The molecule has 1 aromatic carbocycles. The largest absolute Gasteiger partial charge is 0.398 e. The molecule has 0 radical (unpaired) electrons. The molecule has 0 fully saturated rings. The third-order valence-electron chi connectivity index (χ3n) is 2.74. The number of hydrogen-bond donors (Lipinski definition) is 2. The number of anilines is 2. The van der Waals surface area contributed by atoms with E-state index in [1.165, 1.54) is 17.4 Å². The first-order chi connectivity index (χ1) is 8.79. The molecule has 0 atom stereocenters. The van der Waals surface area contributed by atoms with Crippen LogP contribution in [0.4, 0.5) is 10.8 Å². The van der Waals surface area contributed by atoms with E-state index in [0.29, 0.717) is 10.7 Å². The van der Waals surface area contributed by atoms with E-state index in [1.807, 2.05) is 13.8 Å². The number of nitrogens with zero attached hydrogens (tertiary/aromatic N) is 2. The van der Waals surface area contributed by atoms with E-state index >= 15 is 0 Å². The van der Waals surface area contributed by atoms with Crippen molar-refractivity contribution in [3.63, 3.8) is 0 Å². The van der Waals surface area contributed by atoms with Crippen LogP contribution in [0.1, 0.15) is 16.1 Å². The first kappa shape index (κ1) is 13.8. The SMILES string of the molecule is Cc1nnc(NS(=O)(=O)c2cc(C)c(C)c(N)c2)s1. The Hall–Kier alpha value is -1.67. The van der Waals surface area contributed by atoms with Crippen LogP contribution >= 0.6 is 11.3 Å². The zero-order valence-corrected chi connectivity index (χ0v) is 12.4. The summed E-state index contributed by atoms with van der Waals surface area (Å²) >= 11 is 1.18. The molecular weight excluding hydrogens is 284 g/mol. The van der Waals surface area contributed by atoms with Crippen LogP contribution in [0.3, 0.4) is 0 Å². The molecular formula is C11H14N4O2S2. The number of hydrogen-bond acceptors (Lipinski definition) is 6. The molecule has 6 nitrogen and oxygen atoms in total. The molecule has 0 bridgehead atoms. The molecule has 0 saturated carbocycles. The number of nitrogens with two attached hydrogens (primary N) is 1. The molecule has 2 rings (SSSR count). The van der Waals surface area contributed by atoms with Crippen LogP contribution in [0.15, 0.2) is 17.0 Å². The van der Waals surface area contributed by atoms with Gasteiger partial charge in [0.1, 0.15) is 5.01 Å². The molecule has 1 aromatic heterocycles. The quantitative estimate of drug-likeness (QED) is 0.843. The number of sulfonamides is 1. The Bertz CT molecular complexity index is 699. The molecule has 19 heavy (non-hydrogen) atoms. The van der Waals surface area contributed by atoms with E-state index in [9.17, 15) is 8.42 Å². The average molecular weight is 298 g/mol. The van der Waals surface area contributed by atoms with Crippen LogP contribution in [-0.4, -0.2) is 18.6 Å². The summed E-state index contributed by atoms with van der Waals surface area (Å²) in [4.78, 5) is 0.126. The highest BCUT2D eigenvalue weighted by atomic mass is 32.2. The smallest absolute Gasteiger partial charge is 0.263 e. The van der Waals surface area contributed by atoms with E-state index in [1.54, 1.807) is 13.0 Å². The van der Waals surface area contributed by atoms with Gasteiger partial charge >= 0.3 is 0 Å². The van der Waals surface area contributed by atoms with Gasteiger partial charge in [0.2, 0.25) is 5.13 Å². The zero-order chi connectivity index (χ0) is 14.2. The molecule has 0 saturated heterocycles. The number of benzene rings is 1. The van der Waals surface area contributed by atoms with Crippen molar-refractivity contribution in [3.05, 3.63) is 28.3 Å². The van der Waals surface area contributed by atoms with Crippen LogP contribution in [0.25, 0.3) is 0 Å². The van der Waals surface area contributed by atoms with Gasteiger partial charge in [-0.1, -0.05) is 11.3 Å². The highest BCUT2D eigenvalue weighted by molar-refractivity contribution is 7.93. The maximum Gasteiger partial charge on any atom is 0.263 e. The van der Waals surface area contributed by atoms with Crippen LogP contribution < -0.4 is 10.5 Å². The van der Waals surface area contributed by atoms with Crippen molar-refractivity contribution in [1.82, 2.24) is 10.2 Å². The van der Waals surface area contributed by atoms with Crippen LogP contribution in [0, 0.1) is 20.8 Å². The summed E-state index contributed by atoms with van der Waals surface area (Å²) in [6.07, 6.45) is 0. The summed E-state index contributed by atoms with van der Waals surface area (Å²) < 4.78 is 26.8. The molecule has 0 amide bonds. The minimum absolute atomic E-state index is 0.126. The van der Waals surface area contributed by atoms with Crippen LogP contribution in [-0.2, 0) is 10.0 Å². The number of aryl methyl sites for hydroxylation is 2. The lowest BCUT2D eigenvalue weighted by Gasteiger charge is -2.09. The molecule has 2 aromatic rings. The van der Waals surface area contributed by atoms with E-state index in [4.69, 9.17) is 5.73 Å². The second kappa shape index (κ2) is 4.78. The van der Waals surface area contributed by atoms with Crippen LogP contribution in [0.5, 0.6) is 0 Å². The lowest BCUT2D eigenvalue weighted by Crippen LogP contribution is -2.13. The molecule has 0 aliphatic heterocycles. The minimum atomic E-state index is -3.68. The average Bonchev–Trinajstić information content (AvgIpc) is 2.70. The molecule has 0 unspecified atom stereocenters. The van der Waals surface area contributed by atoms with Crippen molar-refractivity contribution in [3.8, 4) is 0 Å². The second-order valence-electron chi connectivity index (χ2n) is 4.19. The molecule has 102 valence electrons. The zero-order valence-electron chi connectivity index (χ0n) is 10.8. The number of nitrogens with one attached hydrogen (secondary N) is 1. The molecule has 1 heterocycles. The maximum absolute atomic E-state index is 12.2. The molecule has 0 aliphatic carbocycles. The normalized spacial score (nSPS) is 11.5. The lowest BCUT2D eigenvalue weighted by molar-refractivity contribution is 0.601. The van der Waals surface area contributed by atoms with Gasteiger partial charge in [0, 0.05) is 5.69 Å². The number of nitrogen functional groups attached to an aromatic ring is 1. The van der Waals surface area contributed by atoms with Gasteiger partial charge < -0.3 is 5.73 Å². The Labute approximate surface area is 115 Å². The lowest BCUT2D eigenvalue weighted by atomic mass is 10.1. The predicted octanol–water partition coefficient (Wildman–Crippen LogP) is 1.85. The second-order valence-corrected chi connectivity index (χ2v) is 7.05. The maximum atomic E-state index is 12.2. The van der Waals surface area contributed by atoms with Crippen molar-refractivity contribution < 1.29 is 8.42 Å². The predicted molar refractivity (Wildman–Crippen MR) is 75.8 cm³/mol. The summed E-state index contributed by atoms with van der Waals surface area (Å²) in [5, 5.41) is 8.43. The third-order valence-corrected chi connectivity index (χ3v) is 4.94. The summed E-state index contributed by atoms with van der Waals surface area (Å²) in [6.45, 7) is 5.42. The van der Waals surface area contributed by atoms with Crippen molar-refractivity contribution in [1.29, 1.82) is 0 Å². The van der Waals surface area contributed by atoms with Crippen molar-refractivity contribution in [2.24, 2.45) is 0 Å². The van der Waals surface area contributed by atoms with Gasteiger partial charge in [-0.05, 0) is 44.0 Å². The number of aromatic nitrogens is 2. The van der Waals surface area contributed by atoms with E-state index in [2.05, 4.69) is 14.9 Å². The first-order valence-corrected chi connectivity index (χ1v) is 7.79. The van der Waals surface area contributed by atoms with Gasteiger partial charge in [-0.25, -0.2) is 8.42 Å². The highest BCUT2D eigenvalue weighted by Gasteiger charge is 2.18.